The Kier molecular flexibility index (Phi) is 9.77. The highest BCUT2D eigenvalue weighted by molar-refractivity contribution is 7.84. The van der Waals surface area contributed by atoms with Crippen LogP contribution in [0.4, 0.5) is 0 Å². The number of carbonyl (C=O) groups excluding carboxylic acids is 1. The number of unbranched alkanes of at least 4 members (excludes halogenated alkanes) is 2. The SMILES string of the molecule is COC(=O)CC(c1ccc(C)c(CN2CC=C(O)OS2(=O)=O)c1)c1cc(OCCCCCCl)c2c(nnn2C)c1C. The Labute approximate surface area is 244 Å². The predicted molar refractivity (Wildman–Crippen MR) is 154 cm³/mol. The van der Waals surface area contributed by atoms with Crippen molar-refractivity contribution in [3.8, 4) is 5.75 Å². The van der Waals surface area contributed by atoms with E-state index in [1.165, 1.54) is 13.2 Å². The van der Waals surface area contributed by atoms with Crippen LogP contribution in [0.5, 0.6) is 5.75 Å². The van der Waals surface area contributed by atoms with Gasteiger partial charge in [0.25, 0.3) is 5.95 Å². The molecule has 3 aromatic rings. The van der Waals surface area contributed by atoms with Crippen molar-refractivity contribution < 1.29 is 32.0 Å². The van der Waals surface area contributed by atoms with Crippen LogP contribution in [0.2, 0.25) is 0 Å². The Bertz CT molecular complexity index is 1550. The molecule has 2 heterocycles. The molecule has 41 heavy (non-hydrogen) atoms. The first-order chi connectivity index (χ1) is 19.6. The van der Waals surface area contributed by atoms with E-state index >= 15 is 0 Å². The van der Waals surface area contributed by atoms with Crippen LogP contribution in [0.1, 0.15) is 59.4 Å². The van der Waals surface area contributed by atoms with E-state index in [1.54, 1.807) is 11.7 Å². The summed E-state index contributed by atoms with van der Waals surface area (Å²) in [5.74, 6) is -0.258. The molecule has 13 heteroatoms. The number of esters is 1. The number of aliphatic hydroxyl groups is 1. The third-order valence-electron chi connectivity index (χ3n) is 7.24. The molecule has 2 aromatic carbocycles. The number of hydrogen-bond donors (Lipinski definition) is 1. The first-order valence-corrected chi connectivity index (χ1v) is 15.2. The summed E-state index contributed by atoms with van der Waals surface area (Å²) in [6, 6.07) is 7.65. The van der Waals surface area contributed by atoms with Crippen molar-refractivity contribution in [2.24, 2.45) is 7.05 Å². The number of fused-ring (bicyclic) bond motifs is 1. The van der Waals surface area contributed by atoms with Crippen LogP contribution in [-0.4, -0.2) is 64.9 Å². The number of aryl methyl sites for hydroxylation is 3. The van der Waals surface area contributed by atoms with Crippen LogP contribution < -0.4 is 4.74 Å². The maximum Gasteiger partial charge on any atom is 0.388 e. The maximum atomic E-state index is 12.7. The topological polar surface area (TPSA) is 133 Å². The standard InChI is InChI=1S/C28H35ClN4O7S/c1-18-8-9-20(14-21(18)17-33-12-10-25(34)40-41(33,36)37)23(16-26(35)38-4)22-15-24(39-13-7-5-6-11-29)28-27(19(22)2)30-31-32(28)3/h8-10,14-15,23,34H,5-7,11-13,16-17H2,1-4H3. The van der Waals surface area contributed by atoms with Crippen molar-refractivity contribution in [2.45, 2.75) is 52.0 Å². The molecule has 0 aliphatic carbocycles. The summed E-state index contributed by atoms with van der Waals surface area (Å²) in [6.45, 7) is 4.30. The minimum Gasteiger partial charge on any atom is -0.491 e. The minimum absolute atomic E-state index is 0.0234. The van der Waals surface area contributed by atoms with E-state index < -0.39 is 28.1 Å². The van der Waals surface area contributed by atoms with Gasteiger partial charge in [0.05, 0.1) is 20.1 Å². The lowest BCUT2D eigenvalue weighted by Crippen LogP contribution is -2.35. The van der Waals surface area contributed by atoms with Gasteiger partial charge < -0.3 is 18.8 Å². The van der Waals surface area contributed by atoms with Crippen molar-refractivity contribution in [2.75, 3.05) is 26.1 Å². The lowest BCUT2D eigenvalue weighted by molar-refractivity contribution is -0.140. The molecule has 1 aliphatic heterocycles. The zero-order valence-corrected chi connectivity index (χ0v) is 25.2. The second-order valence-corrected chi connectivity index (χ2v) is 11.9. The smallest absolute Gasteiger partial charge is 0.388 e. The zero-order valence-electron chi connectivity index (χ0n) is 23.6. The molecule has 1 unspecified atom stereocenters. The molecule has 0 amide bonds. The van der Waals surface area contributed by atoms with Gasteiger partial charge in [-0.1, -0.05) is 23.4 Å². The average Bonchev–Trinajstić information content (AvgIpc) is 3.33. The van der Waals surface area contributed by atoms with Gasteiger partial charge in [-0.25, -0.2) is 4.68 Å². The molecular formula is C28H35ClN4O7S. The van der Waals surface area contributed by atoms with Crippen LogP contribution in [0.25, 0.3) is 11.0 Å². The average molecular weight is 607 g/mol. The van der Waals surface area contributed by atoms with Crippen molar-refractivity contribution in [3.63, 3.8) is 0 Å². The number of aromatic nitrogens is 3. The number of benzene rings is 2. The second-order valence-electron chi connectivity index (χ2n) is 9.99. The van der Waals surface area contributed by atoms with Gasteiger partial charge in [-0.05, 0) is 67.0 Å². The fraction of sp³-hybridized carbons (Fsp3) is 0.464. The molecule has 0 fully saturated rings. The van der Waals surface area contributed by atoms with E-state index in [4.69, 9.17) is 21.1 Å². The van der Waals surface area contributed by atoms with E-state index in [0.717, 1.165) is 56.9 Å². The number of halogens is 1. The largest absolute Gasteiger partial charge is 0.491 e. The molecule has 222 valence electrons. The molecule has 4 rings (SSSR count). The summed E-state index contributed by atoms with van der Waals surface area (Å²) < 4.78 is 43.7. The molecule has 0 saturated carbocycles. The number of hydrogen-bond acceptors (Lipinski definition) is 9. The van der Waals surface area contributed by atoms with E-state index in [9.17, 15) is 18.3 Å². The van der Waals surface area contributed by atoms with Crippen molar-refractivity contribution in [1.29, 1.82) is 0 Å². The normalized spacial score (nSPS) is 15.8. The van der Waals surface area contributed by atoms with Gasteiger partial charge in [0, 0.05) is 38.0 Å². The summed E-state index contributed by atoms with van der Waals surface area (Å²) in [4.78, 5) is 12.7. The Morgan fingerprint density at radius 2 is 2.00 bits per heavy atom. The molecule has 0 saturated heterocycles. The van der Waals surface area contributed by atoms with Crippen molar-refractivity contribution >= 4 is 38.9 Å². The molecule has 0 radical (unpaired) electrons. The van der Waals surface area contributed by atoms with E-state index in [0.29, 0.717) is 23.8 Å². The van der Waals surface area contributed by atoms with E-state index in [1.807, 2.05) is 38.1 Å². The van der Waals surface area contributed by atoms with Crippen LogP contribution in [-0.2, 0) is 37.6 Å². The molecule has 1 aromatic heterocycles. The molecule has 0 spiro atoms. The molecule has 1 N–H and O–H groups in total. The fourth-order valence-electron chi connectivity index (χ4n) is 4.90. The number of ether oxygens (including phenoxy) is 2. The zero-order chi connectivity index (χ0) is 29.7. The number of alkyl halides is 1. The number of rotatable bonds is 12. The fourth-order valence-corrected chi connectivity index (χ4v) is 6.04. The molecule has 1 atom stereocenters. The van der Waals surface area contributed by atoms with Gasteiger partial charge in [0.2, 0.25) is 0 Å². The number of carbonyl (C=O) groups is 1. The predicted octanol–water partition coefficient (Wildman–Crippen LogP) is 4.54. The quantitative estimate of drug-likeness (QED) is 0.179. The summed E-state index contributed by atoms with van der Waals surface area (Å²) >= 11 is 5.81. The maximum absolute atomic E-state index is 12.7. The highest BCUT2D eigenvalue weighted by Gasteiger charge is 2.30. The summed E-state index contributed by atoms with van der Waals surface area (Å²) in [5.41, 5.74) is 5.50. The monoisotopic (exact) mass is 606 g/mol. The van der Waals surface area contributed by atoms with Crippen LogP contribution in [0, 0.1) is 13.8 Å². The minimum atomic E-state index is -4.15. The van der Waals surface area contributed by atoms with Gasteiger partial charge in [-0.3, -0.25) is 4.79 Å². The number of nitrogens with zero attached hydrogens (tertiary/aromatic N) is 4. The summed E-state index contributed by atoms with van der Waals surface area (Å²) in [7, 11) is -0.994. The van der Waals surface area contributed by atoms with Crippen LogP contribution in [0.15, 0.2) is 36.3 Å². The van der Waals surface area contributed by atoms with Crippen LogP contribution >= 0.6 is 11.6 Å². The second kappa shape index (κ2) is 13.1. The van der Waals surface area contributed by atoms with E-state index in [-0.39, 0.29) is 19.5 Å². The van der Waals surface area contributed by atoms with E-state index in [2.05, 4.69) is 14.5 Å². The van der Waals surface area contributed by atoms with Gasteiger partial charge in [-0.15, -0.1) is 16.7 Å². The molecule has 1 aliphatic rings. The number of aliphatic hydroxyl groups excluding tert-OH is 1. The summed E-state index contributed by atoms with van der Waals surface area (Å²) in [5, 5.41) is 18.1. The Morgan fingerprint density at radius 3 is 2.71 bits per heavy atom. The third kappa shape index (κ3) is 6.94. The lowest BCUT2D eigenvalue weighted by atomic mass is 9.84. The van der Waals surface area contributed by atoms with Gasteiger partial charge in [0.15, 0.2) is 0 Å². The summed E-state index contributed by atoms with van der Waals surface area (Å²) in [6.07, 6.45) is 4.02. The Hall–Kier alpha value is -3.35. The van der Waals surface area contributed by atoms with Crippen LogP contribution in [0.3, 0.4) is 0 Å². The molecule has 11 nitrogen and oxygen atoms in total. The first-order valence-electron chi connectivity index (χ1n) is 13.3. The Balaban J connectivity index is 1.76. The first kappa shape index (κ1) is 30.6. The highest BCUT2D eigenvalue weighted by Crippen LogP contribution is 2.39. The highest BCUT2D eigenvalue weighted by atomic mass is 35.5. The molecule has 0 bridgehead atoms. The van der Waals surface area contributed by atoms with Gasteiger partial charge in [-0.2, -0.15) is 12.7 Å². The lowest BCUT2D eigenvalue weighted by Gasteiger charge is -2.25. The van der Waals surface area contributed by atoms with Crippen molar-refractivity contribution in [3.05, 3.63) is 64.1 Å². The molecular weight excluding hydrogens is 572 g/mol. The Morgan fingerprint density at radius 1 is 1.22 bits per heavy atom. The van der Waals surface area contributed by atoms with Gasteiger partial charge >= 0.3 is 16.3 Å². The van der Waals surface area contributed by atoms with Gasteiger partial charge in [0.1, 0.15) is 16.8 Å². The number of methoxy groups -OCH3 is 1. The van der Waals surface area contributed by atoms with Crippen molar-refractivity contribution in [1.82, 2.24) is 19.3 Å². The third-order valence-corrected chi connectivity index (χ3v) is 8.80.